The third-order valence-electron chi connectivity index (χ3n) is 5.96. The predicted molar refractivity (Wildman–Crippen MR) is 102 cm³/mol. The van der Waals surface area contributed by atoms with Crippen molar-refractivity contribution < 1.29 is 9.53 Å². The molecule has 1 aromatic carbocycles. The summed E-state index contributed by atoms with van der Waals surface area (Å²) in [5.41, 5.74) is 1.39. The number of nitrogens with zero attached hydrogens (tertiary/aromatic N) is 1. The summed E-state index contributed by atoms with van der Waals surface area (Å²) in [5, 5.41) is 9.16. The number of carbonyl (C=O) groups is 1. The van der Waals surface area contributed by atoms with Crippen molar-refractivity contribution in [2.45, 2.75) is 42.8 Å². The molecule has 2 saturated carbocycles. The van der Waals surface area contributed by atoms with E-state index in [1.54, 1.807) is 6.07 Å². The van der Waals surface area contributed by atoms with E-state index in [0.29, 0.717) is 21.5 Å². The molecule has 1 saturated heterocycles. The standard InChI is InChI=1S/C20H23NO2S2/c21-12-14-4-1-2-5-15(14)13-23-19(22)16-10-17-6-3-7-18(11-16)20(17)24-8-9-25-20/h1-2,4-5,16-18H,3,6-11,13H2/t17-,18-/m1/s1. The Balaban J connectivity index is 1.41. The molecule has 2 bridgehead atoms. The van der Waals surface area contributed by atoms with Crippen LogP contribution in [0.4, 0.5) is 0 Å². The second-order valence-electron chi connectivity index (χ2n) is 7.29. The third kappa shape index (κ3) is 3.19. The summed E-state index contributed by atoms with van der Waals surface area (Å²) in [4.78, 5) is 12.7. The first-order valence-electron chi connectivity index (χ1n) is 9.15. The van der Waals surface area contributed by atoms with Gasteiger partial charge in [-0.05, 0) is 43.6 Å². The Morgan fingerprint density at radius 3 is 2.56 bits per heavy atom. The van der Waals surface area contributed by atoms with Crippen LogP contribution in [0.1, 0.15) is 43.2 Å². The predicted octanol–water partition coefficient (Wildman–Crippen LogP) is 4.60. The molecule has 0 radical (unpaired) electrons. The van der Waals surface area contributed by atoms with E-state index in [9.17, 15) is 4.79 Å². The van der Waals surface area contributed by atoms with E-state index in [2.05, 4.69) is 29.6 Å². The molecule has 0 unspecified atom stereocenters. The molecule has 2 aliphatic carbocycles. The highest BCUT2D eigenvalue weighted by atomic mass is 32.2. The molecule has 3 aliphatic rings. The zero-order valence-electron chi connectivity index (χ0n) is 14.3. The molecule has 4 rings (SSSR count). The van der Waals surface area contributed by atoms with Gasteiger partial charge in [0.2, 0.25) is 0 Å². The summed E-state index contributed by atoms with van der Waals surface area (Å²) < 4.78 is 6.01. The number of hydrogen-bond acceptors (Lipinski definition) is 5. The quantitative estimate of drug-likeness (QED) is 0.725. The molecule has 132 valence electrons. The Kier molecular flexibility index (Phi) is 5.01. The maximum Gasteiger partial charge on any atom is 0.309 e. The molecule has 0 amide bonds. The second kappa shape index (κ2) is 7.25. The van der Waals surface area contributed by atoms with Crippen LogP contribution >= 0.6 is 23.5 Å². The number of hydrogen-bond donors (Lipinski definition) is 0. The van der Waals surface area contributed by atoms with Crippen LogP contribution in [0.3, 0.4) is 0 Å². The number of thioether (sulfide) groups is 2. The van der Waals surface area contributed by atoms with Gasteiger partial charge in [0.1, 0.15) is 6.61 Å². The van der Waals surface area contributed by atoms with Crippen LogP contribution in [0.2, 0.25) is 0 Å². The maximum absolute atomic E-state index is 12.7. The molecule has 0 N–H and O–H groups in total. The highest BCUT2D eigenvalue weighted by Crippen LogP contribution is 2.64. The number of ether oxygens (including phenoxy) is 1. The van der Waals surface area contributed by atoms with Gasteiger partial charge in [-0.2, -0.15) is 5.26 Å². The number of benzene rings is 1. The summed E-state index contributed by atoms with van der Waals surface area (Å²) >= 11 is 4.32. The van der Waals surface area contributed by atoms with Crippen molar-refractivity contribution in [3.63, 3.8) is 0 Å². The SMILES string of the molecule is N#Cc1ccccc1COC(=O)C1C[C@H]2CCC[C@H](C1)C21SCCS1. The van der Waals surface area contributed by atoms with E-state index >= 15 is 0 Å². The van der Waals surface area contributed by atoms with E-state index < -0.39 is 0 Å². The number of rotatable bonds is 3. The molecule has 5 heteroatoms. The zero-order valence-corrected chi connectivity index (χ0v) is 15.9. The fraction of sp³-hybridized carbons (Fsp3) is 0.600. The van der Waals surface area contributed by atoms with E-state index in [0.717, 1.165) is 18.4 Å². The summed E-state index contributed by atoms with van der Waals surface area (Å²) in [6.07, 6.45) is 5.80. The minimum atomic E-state index is -0.0625. The number of esters is 1. The summed E-state index contributed by atoms with van der Waals surface area (Å²) in [6.45, 7) is 0.211. The van der Waals surface area contributed by atoms with Crippen molar-refractivity contribution in [2.24, 2.45) is 17.8 Å². The van der Waals surface area contributed by atoms with Crippen LogP contribution in [0, 0.1) is 29.1 Å². The number of nitriles is 1. The van der Waals surface area contributed by atoms with Gasteiger partial charge in [0.15, 0.2) is 0 Å². The van der Waals surface area contributed by atoms with Gasteiger partial charge in [0, 0.05) is 17.1 Å². The van der Waals surface area contributed by atoms with Crippen molar-refractivity contribution >= 4 is 29.5 Å². The Hall–Kier alpha value is -1.12. The first-order chi connectivity index (χ1) is 12.2. The molecule has 3 fully saturated rings. The Morgan fingerprint density at radius 1 is 1.20 bits per heavy atom. The van der Waals surface area contributed by atoms with Gasteiger partial charge >= 0.3 is 5.97 Å². The van der Waals surface area contributed by atoms with Crippen LogP contribution in [0.25, 0.3) is 0 Å². The van der Waals surface area contributed by atoms with Gasteiger partial charge in [0.25, 0.3) is 0 Å². The van der Waals surface area contributed by atoms with Gasteiger partial charge in [0.05, 0.1) is 21.6 Å². The van der Waals surface area contributed by atoms with Gasteiger partial charge in [-0.1, -0.05) is 24.6 Å². The molecule has 1 spiro atoms. The van der Waals surface area contributed by atoms with Gasteiger partial charge in [-0.15, -0.1) is 23.5 Å². The van der Waals surface area contributed by atoms with Crippen molar-refractivity contribution in [1.29, 1.82) is 5.26 Å². The molecule has 1 aliphatic heterocycles. The molecular formula is C20H23NO2S2. The highest BCUT2D eigenvalue weighted by Gasteiger charge is 2.55. The lowest BCUT2D eigenvalue weighted by Gasteiger charge is -2.51. The Labute approximate surface area is 157 Å². The minimum absolute atomic E-state index is 0.0389. The van der Waals surface area contributed by atoms with Crippen molar-refractivity contribution in [3.8, 4) is 6.07 Å². The molecule has 0 aromatic heterocycles. The van der Waals surface area contributed by atoms with Crippen LogP contribution in [0.5, 0.6) is 0 Å². The Bertz CT molecular complexity index is 677. The van der Waals surface area contributed by atoms with Gasteiger partial charge < -0.3 is 4.74 Å². The largest absolute Gasteiger partial charge is 0.461 e. The second-order valence-corrected chi connectivity index (χ2v) is 10.3. The molecule has 1 heterocycles. The van der Waals surface area contributed by atoms with E-state index in [1.165, 1.54) is 30.8 Å². The van der Waals surface area contributed by atoms with E-state index in [1.807, 2.05) is 18.2 Å². The smallest absolute Gasteiger partial charge is 0.309 e. The molecule has 1 aromatic rings. The first kappa shape index (κ1) is 17.3. The normalized spacial score (nSPS) is 30.0. The van der Waals surface area contributed by atoms with Crippen molar-refractivity contribution in [2.75, 3.05) is 11.5 Å². The van der Waals surface area contributed by atoms with Crippen LogP contribution < -0.4 is 0 Å². The lowest BCUT2D eigenvalue weighted by atomic mass is 9.67. The first-order valence-corrected chi connectivity index (χ1v) is 11.1. The fourth-order valence-electron chi connectivity index (χ4n) is 4.82. The van der Waals surface area contributed by atoms with Gasteiger partial charge in [-0.25, -0.2) is 0 Å². The topological polar surface area (TPSA) is 50.1 Å². The lowest BCUT2D eigenvalue weighted by Crippen LogP contribution is -2.48. The third-order valence-corrected chi connectivity index (χ3v) is 9.98. The fourth-order valence-corrected chi connectivity index (χ4v) is 8.76. The zero-order chi connectivity index (χ0) is 17.3. The average Bonchev–Trinajstić information content (AvgIpc) is 3.09. The highest BCUT2D eigenvalue weighted by molar-refractivity contribution is 8.21. The molecule has 2 atom stereocenters. The lowest BCUT2D eigenvalue weighted by molar-refractivity contribution is -0.152. The summed E-state index contributed by atoms with van der Waals surface area (Å²) in [6, 6.07) is 9.52. The maximum atomic E-state index is 12.7. The van der Waals surface area contributed by atoms with Gasteiger partial charge in [-0.3, -0.25) is 4.79 Å². The molecule has 25 heavy (non-hydrogen) atoms. The van der Waals surface area contributed by atoms with Crippen LogP contribution in [-0.2, 0) is 16.1 Å². The van der Waals surface area contributed by atoms with E-state index in [-0.39, 0.29) is 18.5 Å². The van der Waals surface area contributed by atoms with Crippen molar-refractivity contribution in [1.82, 2.24) is 0 Å². The van der Waals surface area contributed by atoms with Crippen LogP contribution in [0.15, 0.2) is 24.3 Å². The minimum Gasteiger partial charge on any atom is -0.461 e. The summed E-state index contributed by atoms with van der Waals surface area (Å²) in [5.74, 6) is 3.81. The molecular weight excluding hydrogens is 350 g/mol. The van der Waals surface area contributed by atoms with Crippen molar-refractivity contribution in [3.05, 3.63) is 35.4 Å². The molecule has 3 nitrogen and oxygen atoms in total. The number of carbonyl (C=O) groups excluding carboxylic acids is 1. The summed E-state index contributed by atoms with van der Waals surface area (Å²) in [7, 11) is 0. The van der Waals surface area contributed by atoms with E-state index in [4.69, 9.17) is 10.00 Å². The Morgan fingerprint density at radius 2 is 1.88 bits per heavy atom. The van der Waals surface area contributed by atoms with Crippen LogP contribution in [-0.4, -0.2) is 21.6 Å². The monoisotopic (exact) mass is 373 g/mol. The average molecular weight is 374 g/mol.